The molecule has 1 fully saturated rings. The fraction of sp³-hybridized carbons (Fsp3) is 0.425. The first-order chi connectivity index (χ1) is 25.5. The Balaban J connectivity index is 1.60. The molecule has 1 aromatic heterocycles. The number of hydrogen-bond acceptors (Lipinski definition) is 9. The Morgan fingerprint density at radius 2 is 1.49 bits per heavy atom. The zero-order valence-corrected chi connectivity index (χ0v) is 32.2. The first-order valence-electron chi connectivity index (χ1n) is 17.7. The monoisotopic (exact) mass is 744 g/mol. The van der Waals surface area contributed by atoms with Crippen molar-refractivity contribution >= 4 is 8.53 Å². The predicted molar refractivity (Wildman–Crippen MR) is 204 cm³/mol. The van der Waals surface area contributed by atoms with Gasteiger partial charge in [0.05, 0.1) is 26.9 Å². The second-order valence-corrected chi connectivity index (χ2v) is 14.7. The van der Waals surface area contributed by atoms with Gasteiger partial charge in [0.25, 0.3) is 14.1 Å². The van der Waals surface area contributed by atoms with E-state index in [9.17, 15) is 9.59 Å². The predicted octanol–water partition coefficient (Wildman–Crippen LogP) is 6.83. The third-order valence-electron chi connectivity index (χ3n) is 9.15. The summed E-state index contributed by atoms with van der Waals surface area (Å²) in [7, 11) is 1.60. The third kappa shape index (κ3) is 9.07. The zero-order valence-electron chi connectivity index (χ0n) is 31.4. The van der Waals surface area contributed by atoms with E-state index >= 15 is 0 Å². The minimum absolute atomic E-state index is 0.0415. The lowest BCUT2D eigenvalue weighted by molar-refractivity contribution is -0.0925. The van der Waals surface area contributed by atoms with Crippen molar-refractivity contribution in [3.05, 3.63) is 140 Å². The first-order valence-corrected chi connectivity index (χ1v) is 18.8. The van der Waals surface area contributed by atoms with Gasteiger partial charge in [-0.05, 0) is 75.6 Å². The summed E-state index contributed by atoms with van der Waals surface area (Å²) in [6, 6.07) is 25.6. The Kier molecular flexibility index (Phi) is 13.6. The van der Waals surface area contributed by atoms with E-state index < -0.39 is 43.8 Å². The molecule has 0 radical (unpaired) electrons. The van der Waals surface area contributed by atoms with Crippen LogP contribution in [0.2, 0.25) is 0 Å². The lowest BCUT2D eigenvalue weighted by atomic mass is 9.80. The van der Waals surface area contributed by atoms with Crippen LogP contribution in [0.4, 0.5) is 0 Å². The highest BCUT2D eigenvalue weighted by Crippen LogP contribution is 2.50. The fourth-order valence-corrected chi connectivity index (χ4v) is 8.37. The molecule has 53 heavy (non-hydrogen) atoms. The summed E-state index contributed by atoms with van der Waals surface area (Å²) in [5.74, 6) is 1.41. The lowest BCUT2D eigenvalue weighted by Crippen LogP contribution is -2.39. The quantitative estimate of drug-likeness (QED) is 0.0538. The van der Waals surface area contributed by atoms with Crippen LogP contribution in [0.5, 0.6) is 11.5 Å². The maximum atomic E-state index is 13.1. The molecule has 1 aliphatic heterocycles. The van der Waals surface area contributed by atoms with Crippen molar-refractivity contribution in [3.8, 4) is 11.5 Å². The van der Waals surface area contributed by atoms with Gasteiger partial charge in [0.15, 0.2) is 0 Å². The van der Waals surface area contributed by atoms with Crippen LogP contribution >= 0.6 is 8.53 Å². The summed E-state index contributed by atoms with van der Waals surface area (Å²) in [5.41, 5.74) is 0.797. The standard InChI is InChI=1S/C40H49N4O8P/c1-27(2)44(28(3)4)53(50-23-22-41-6)52-35-24-37(43-25-29(5)38(45)42-39(43)46)51-36(35)26-49-40(30-12-10-9-11-13-30,31-14-18-33(47-7)19-15-31)32-16-20-34(48-8)21-17-32/h9-21,25,27-28,35-37H,22-24,26H2,1-5,7-8H3,(H,42,45,46)/t35?,36-,37-,53?/m1/s1. The highest BCUT2D eigenvalue weighted by Gasteiger charge is 2.45. The van der Waals surface area contributed by atoms with Crippen molar-refractivity contribution in [2.75, 3.05) is 34.0 Å². The molecule has 282 valence electrons. The Hall–Kier alpha value is -4.34. The van der Waals surface area contributed by atoms with Gasteiger partial charge in [-0.2, -0.15) is 0 Å². The Labute approximate surface area is 312 Å². The second-order valence-electron chi connectivity index (χ2n) is 13.3. The molecule has 0 saturated carbocycles. The number of aromatic nitrogens is 2. The first kappa shape index (κ1) is 39.9. The number of methoxy groups -OCH3 is 2. The molecule has 1 aliphatic rings. The summed E-state index contributed by atoms with van der Waals surface area (Å²) >= 11 is 0. The van der Waals surface area contributed by atoms with Gasteiger partial charge in [-0.15, -0.1) is 0 Å². The summed E-state index contributed by atoms with van der Waals surface area (Å²) in [5, 5.41) is 0. The number of aromatic amines is 1. The number of hydrogen-bond donors (Lipinski definition) is 1. The Morgan fingerprint density at radius 1 is 0.925 bits per heavy atom. The van der Waals surface area contributed by atoms with E-state index in [2.05, 4.69) is 42.2 Å². The third-order valence-corrected chi connectivity index (χ3v) is 11.3. The van der Waals surface area contributed by atoms with Crippen LogP contribution in [0.1, 0.15) is 62.6 Å². The maximum Gasteiger partial charge on any atom is 0.330 e. The van der Waals surface area contributed by atoms with E-state index in [4.69, 9.17) is 34.6 Å². The average Bonchev–Trinajstić information content (AvgIpc) is 3.56. The van der Waals surface area contributed by atoms with E-state index in [1.807, 2.05) is 78.9 Å². The van der Waals surface area contributed by atoms with Crippen molar-refractivity contribution in [3.63, 3.8) is 0 Å². The van der Waals surface area contributed by atoms with Crippen LogP contribution in [0.15, 0.2) is 94.6 Å². The molecule has 5 rings (SSSR count). The van der Waals surface area contributed by atoms with Gasteiger partial charge in [-0.3, -0.25) is 14.3 Å². The molecule has 0 bridgehead atoms. The molecule has 12 nitrogen and oxygen atoms in total. The van der Waals surface area contributed by atoms with Gasteiger partial charge < -0.3 is 32.8 Å². The van der Waals surface area contributed by atoms with Gasteiger partial charge in [-0.1, -0.05) is 54.6 Å². The molecule has 3 aromatic carbocycles. The number of aryl methyl sites for hydroxylation is 1. The van der Waals surface area contributed by atoms with E-state index in [-0.39, 0.29) is 38.3 Å². The highest BCUT2D eigenvalue weighted by atomic mass is 31.2. The maximum absolute atomic E-state index is 13.1. The Bertz CT molecular complexity index is 1870. The van der Waals surface area contributed by atoms with Crippen molar-refractivity contribution < 1.29 is 28.0 Å². The van der Waals surface area contributed by atoms with Crippen LogP contribution in [-0.2, 0) is 24.1 Å². The van der Waals surface area contributed by atoms with Crippen LogP contribution in [0.3, 0.4) is 0 Å². The van der Waals surface area contributed by atoms with Crippen LogP contribution < -0.4 is 20.7 Å². The van der Waals surface area contributed by atoms with Crippen LogP contribution in [0, 0.1) is 13.5 Å². The van der Waals surface area contributed by atoms with Gasteiger partial charge in [0.2, 0.25) is 6.54 Å². The average molecular weight is 745 g/mol. The van der Waals surface area contributed by atoms with Gasteiger partial charge in [0.1, 0.15) is 36.0 Å². The molecule has 1 saturated heterocycles. The summed E-state index contributed by atoms with van der Waals surface area (Å²) in [6.45, 7) is 17.7. The summed E-state index contributed by atoms with van der Waals surface area (Å²) < 4.78 is 41.6. The molecular formula is C40H49N4O8P. The van der Waals surface area contributed by atoms with Crippen molar-refractivity contribution in [1.29, 1.82) is 0 Å². The smallest absolute Gasteiger partial charge is 0.330 e. The number of rotatable bonds is 17. The van der Waals surface area contributed by atoms with Gasteiger partial charge >= 0.3 is 5.69 Å². The van der Waals surface area contributed by atoms with E-state index in [1.54, 1.807) is 21.1 Å². The minimum Gasteiger partial charge on any atom is -0.497 e. The number of nitrogens with one attached hydrogen (secondary N) is 1. The van der Waals surface area contributed by atoms with E-state index in [1.165, 1.54) is 10.8 Å². The number of H-pyrrole nitrogens is 1. The zero-order chi connectivity index (χ0) is 38.1. The lowest BCUT2D eigenvalue weighted by Gasteiger charge is -2.39. The number of benzene rings is 3. The fourth-order valence-electron chi connectivity index (χ4n) is 6.62. The van der Waals surface area contributed by atoms with Crippen LogP contribution in [-0.4, -0.2) is 72.5 Å². The molecular weight excluding hydrogens is 695 g/mol. The van der Waals surface area contributed by atoms with E-state index in [0.29, 0.717) is 17.1 Å². The molecule has 13 heteroatoms. The number of nitrogens with zero attached hydrogens (tertiary/aromatic N) is 3. The molecule has 4 atom stereocenters. The summed E-state index contributed by atoms with van der Waals surface area (Å²) in [6.07, 6.45) is -0.263. The molecule has 1 N–H and O–H groups in total. The highest BCUT2D eigenvalue weighted by molar-refractivity contribution is 7.44. The molecule has 0 amide bonds. The van der Waals surface area contributed by atoms with E-state index in [0.717, 1.165) is 16.7 Å². The number of ether oxygens (including phenoxy) is 4. The van der Waals surface area contributed by atoms with Gasteiger partial charge in [-0.25, -0.2) is 16.0 Å². The molecule has 0 spiro atoms. The summed E-state index contributed by atoms with van der Waals surface area (Å²) in [4.78, 5) is 31.3. The van der Waals surface area contributed by atoms with Crippen molar-refractivity contribution in [2.24, 2.45) is 0 Å². The topological polar surface area (TPSA) is 118 Å². The minimum atomic E-state index is -1.66. The van der Waals surface area contributed by atoms with Crippen molar-refractivity contribution in [1.82, 2.24) is 14.2 Å². The van der Waals surface area contributed by atoms with Crippen molar-refractivity contribution in [2.45, 2.75) is 77.2 Å². The van der Waals surface area contributed by atoms with Crippen LogP contribution in [0.25, 0.3) is 4.85 Å². The molecule has 0 aliphatic carbocycles. The van der Waals surface area contributed by atoms with Gasteiger partial charge in [0, 0.05) is 30.3 Å². The molecule has 4 aromatic rings. The second kappa shape index (κ2) is 18.1. The molecule has 2 unspecified atom stereocenters. The normalized spacial score (nSPS) is 18.0. The largest absolute Gasteiger partial charge is 0.497 e. The molecule has 2 heterocycles. The Morgan fingerprint density at radius 3 is 2.02 bits per heavy atom. The SMILES string of the molecule is [C-]#[N+]CCOP(OC1C[C@H](n2cc(C)c(=O)[nH]c2=O)O[C@@H]1COC(c1ccccc1)(c1ccc(OC)cc1)c1ccc(OC)cc1)N(C(C)C)C(C)C.